The molecule has 6 nitrogen and oxygen atoms in total. The normalized spacial score (nSPS) is 18.6. The van der Waals surface area contributed by atoms with Crippen molar-refractivity contribution in [3.8, 4) is 0 Å². The molecule has 134 valence electrons. The first-order valence-corrected chi connectivity index (χ1v) is 8.25. The van der Waals surface area contributed by atoms with Crippen molar-refractivity contribution in [2.75, 3.05) is 40.8 Å². The average Bonchev–Trinajstić information content (AvgIpc) is 2.90. The van der Waals surface area contributed by atoms with Crippen molar-refractivity contribution in [1.82, 2.24) is 19.3 Å². The van der Waals surface area contributed by atoms with Gasteiger partial charge in [-0.05, 0) is 31.3 Å². The van der Waals surface area contributed by atoms with E-state index in [1.165, 1.54) is 12.1 Å². The minimum Gasteiger partial charge on any atom is -0.347 e. The largest absolute Gasteiger partial charge is 0.347 e. The Morgan fingerprint density at radius 2 is 1.88 bits per heavy atom. The van der Waals surface area contributed by atoms with Crippen LogP contribution in [0.2, 0.25) is 0 Å². The molecule has 0 radical (unpaired) electrons. The monoisotopic (exact) mass is 346 g/mol. The number of amides is 2. The molecule has 25 heavy (non-hydrogen) atoms. The summed E-state index contributed by atoms with van der Waals surface area (Å²) in [6.07, 6.45) is 0. The SMILES string of the molecule is CN(C)C(=O)[C@@H]1CN(C(=O)c2cc3cc(F)ccc3n2C)CCN1C. The van der Waals surface area contributed by atoms with Crippen molar-refractivity contribution in [2.24, 2.45) is 7.05 Å². The van der Waals surface area contributed by atoms with Crippen molar-refractivity contribution in [1.29, 1.82) is 0 Å². The van der Waals surface area contributed by atoms with Crippen LogP contribution in [0.1, 0.15) is 10.5 Å². The first-order chi connectivity index (χ1) is 11.8. The van der Waals surface area contributed by atoms with Crippen LogP contribution in [0.3, 0.4) is 0 Å². The fourth-order valence-corrected chi connectivity index (χ4v) is 3.31. The number of fused-ring (bicyclic) bond motifs is 1. The molecule has 2 heterocycles. The molecule has 1 aliphatic rings. The van der Waals surface area contributed by atoms with Gasteiger partial charge in [0.25, 0.3) is 5.91 Å². The standard InChI is InChI=1S/C18H23FN4O2/c1-20(2)17(24)16-11-23(8-7-21(16)3)18(25)15-10-12-9-13(19)5-6-14(12)22(15)4/h5-6,9-10,16H,7-8,11H2,1-4H3/t16-/m0/s1. The Morgan fingerprint density at radius 3 is 2.56 bits per heavy atom. The molecule has 0 unspecified atom stereocenters. The number of rotatable bonds is 2. The fourth-order valence-electron chi connectivity index (χ4n) is 3.31. The lowest BCUT2D eigenvalue weighted by atomic mass is 10.1. The van der Waals surface area contributed by atoms with Crippen LogP contribution in [0, 0.1) is 5.82 Å². The molecular weight excluding hydrogens is 323 g/mol. The number of benzene rings is 1. The van der Waals surface area contributed by atoms with E-state index in [0.29, 0.717) is 30.7 Å². The van der Waals surface area contributed by atoms with Gasteiger partial charge in [-0.15, -0.1) is 0 Å². The Balaban J connectivity index is 1.88. The molecule has 0 N–H and O–H groups in total. The van der Waals surface area contributed by atoms with E-state index in [9.17, 15) is 14.0 Å². The second-order valence-corrected chi connectivity index (χ2v) is 6.77. The van der Waals surface area contributed by atoms with Gasteiger partial charge >= 0.3 is 0 Å². The second kappa shape index (κ2) is 6.48. The summed E-state index contributed by atoms with van der Waals surface area (Å²) in [6, 6.07) is 5.85. The van der Waals surface area contributed by atoms with Crippen molar-refractivity contribution >= 4 is 22.7 Å². The maximum absolute atomic E-state index is 13.4. The smallest absolute Gasteiger partial charge is 0.270 e. The third-order valence-corrected chi connectivity index (χ3v) is 4.88. The third kappa shape index (κ3) is 3.11. The molecule has 0 spiro atoms. The van der Waals surface area contributed by atoms with Crippen LogP contribution < -0.4 is 0 Å². The van der Waals surface area contributed by atoms with Crippen LogP contribution in [-0.4, -0.2) is 77.9 Å². The quantitative estimate of drug-likeness (QED) is 0.820. The Kier molecular flexibility index (Phi) is 4.51. The van der Waals surface area contributed by atoms with Crippen LogP contribution in [-0.2, 0) is 11.8 Å². The molecule has 1 aromatic heterocycles. The Labute approximate surface area is 146 Å². The average molecular weight is 346 g/mol. The number of aryl methyl sites for hydroxylation is 1. The van der Waals surface area contributed by atoms with Gasteiger partial charge < -0.3 is 14.4 Å². The minimum absolute atomic E-state index is 0.0147. The van der Waals surface area contributed by atoms with Crippen molar-refractivity contribution in [3.63, 3.8) is 0 Å². The summed E-state index contributed by atoms with van der Waals surface area (Å²) in [7, 11) is 7.13. The zero-order valence-electron chi connectivity index (χ0n) is 15.0. The number of halogens is 1. The highest BCUT2D eigenvalue weighted by atomic mass is 19.1. The number of piperazine rings is 1. The lowest BCUT2D eigenvalue weighted by molar-refractivity contribution is -0.135. The highest BCUT2D eigenvalue weighted by molar-refractivity contribution is 5.99. The van der Waals surface area contributed by atoms with Crippen LogP contribution in [0.15, 0.2) is 24.3 Å². The molecule has 7 heteroatoms. The fraction of sp³-hybridized carbons (Fsp3) is 0.444. The van der Waals surface area contributed by atoms with Gasteiger partial charge in [-0.1, -0.05) is 0 Å². The van der Waals surface area contributed by atoms with Gasteiger partial charge in [-0.2, -0.15) is 0 Å². The summed E-state index contributed by atoms with van der Waals surface area (Å²) in [5.74, 6) is -0.476. The predicted octanol–water partition coefficient (Wildman–Crippen LogP) is 1.16. The van der Waals surface area contributed by atoms with Gasteiger partial charge in [0.15, 0.2) is 0 Å². The summed E-state index contributed by atoms with van der Waals surface area (Å²) in [6.45, 7) is 1.54. The number of hydrogen-bond acceptors (Lipinski definition) is 3. The number of aromatic nitrogens is 1. The van der Waals surface area contributed by atoms with Crippen molar-refractivity contribution in [2.45, 2.75) is 6.04 Å². The zero-order valence-corrected chi connectivity index (χ0v) is 15.0. The third-order valence-electron chi connectivity index (χ3n) is 4.88. The van der Waals surface area contributed by atoms with Crippen LogP contribution in [0.4, 0.5) is 4.39 Å². The number of carbonyl (C=O) groups excluding carboxylic acids is 2. The summed E-state index contributed by atoms with van der Waals surface area (Å²) < 4.78 is 15.2. The number of hydrogen-bond donors (Lipinski definition) is 0. The molecule has 1 aromatic carbocycles. The zero-order chi connectivity index (χ0) is 18.3. The molecule has 0 saturated carbocycles. The van der Waals surface area contributed by atoms with Gasteiger partial charge in [-0.3, -0.25) is 14.5 Å². The minimum atomic E-state index is -0.347. The first-order valence-electron chi connectivity index (χ1n) is 8.25. The van der Waals surface area contributed by atoms with Gasteiger partial charge in [0.05, 0.1) is 0 Å². The highest BCUT2D eigenvalue weighted by Gasteiger charge is 2.34. The topological polar surface area (TPSA) is 48.8 Å². The van der Waals surface area contributed by atoms with Gasteiger partial charge in [0.2, 0.25) is 5.91 Å². The molecule has 2 aromatic rings. The number of nitrogens with zero attached hydrogens (tertiary/aromatic N) is 4. The van der Waals surface area contributed by atoms with Gasteiger partial charge in [0.1, 0.15) is 17.6 Å². The summed E-state index contributed by atoms with van der Waals surface area (Å²) in [5, 5.41) is 0.695. The molecular formula is C18H23FN4O2. The summed E-state index contributed by atoms with van der Waals surface area (Å²) in [5.41, 5.74) is 1.31. The lowest BCUT2D eigenvalue weighted by Crippen LogP contribution is -2.58. The van der Waals surface area contributed by atoms with E-state index in [1.807, 2.05) is 11.9 Å². The van der Waals surface area contributed by atoms with E-state index in [0.717, 1.165) is 5.52 Å². The van der Waals surface area contributed by atoms with Gasteiger partial charge in [-0.25, -0.2) is 4.39 Å². The van der Waals surface area contributed by atoms with Crippen molar-refractivity contribution in [3.05, 3.63) is 35.8 Å². The first kappa shape index (κ1) is 17.4. The Hall–Kier alpha value is -2.41. The van der Waals surface area contributed by atoms with E-state index in [2.05, 4.69) is 0 Å². The van der Waals surface area contributed by atoms with Crippen LogP contribution in [0.5, 0.6) is 0 Å². The molecule has 1 fully saturated rings. The van der Waals surface area contributed by atoms with E-state index in [4.69, 9.17) is 0 Å². The van der Waals surface area contributed by atoms with Crippen LogP contribution in [0.25, 0.3) is 10.9 Å². The highest BCUT2D eigenvalue weighted by Crippen LogP contribution is 2.22. The molecule has 2 amide bonds. The van der Waals surface area contributed by atoms with E-state index in [1.54, 1.807) is 47.6 Å². The molecule has 1 atom stereocenters. The summed E-state index contributed by atoms with van der Waals surface area (Å²) >= 11 is 0. The summed E-state index contributed by atoms with van der Waals surface area (Å²) in [4.78, 5) is 30.6. The molecule has 1 saturated heterocycles. The lowest BCUT2D eigenvalue weighted by Gasteiger charge is -2.39. The molecule has 1 aliphatic heterocycles. The Bertz CT molecular complexity index is 830. The van der Waals surface area contributed by atoms with Crippen molar-refractivity contribution < 1.29 is 14.0 Å². The van der Waals surface area contributed by atoms with E-state index < -0.39 is 0 Å². The maximum atomic E-state index is 13.4. The molecule has 0 aliphatic carbocycles. The van der Waals surface area contributed by atoms with Gasteiger partial charge in [0, 0.05) is 51.7 Å². The molecule has 0 bridgehead atoms. The molecule has 3 rings (SSSR count). The second-order valence-electron chi connectivity index (χ2n) is 6.77. The van der Waals surface area contributed by atoms with E-state index >= 15 is 0 Å². The number of likely N-dealkylation sites (N-methyl/N-ethyl adjacent to an activating group) is 2. The predicted molar refractivity (Wildman–Crippen MR) is 93.9 cm³/mol. The number of carbonyl (C=O) groups is 2. The van der Waals surface area contributed by atoms with Crippen LogP contribution >= 0.6 is 0 Å². The maximum Gasteiger partial charge on any atom is 0.270 e. The van der Waals surface area contributed by atoms with E-state index in [-0.39, 0.29) is 23.7 Å². The Morgan fingerprint density at radius 1 is 1.16 bits per heavy atom.